The molecule has 2 heterocycles. The zero-order valence-electron chi connectivity index (χ0n) is 20.0. The number of anilines is 1. The Morgan fingerprint density at radius 1 is 0.973 bits per heavy atom. The van der Waals surface area contributed by atoms with Crippen LogP contribution in [0.3, 0.4) is 0 Å². The molecule has 0 aliphatic rings. The fraction of sp³-hybridized carbons (Fsp3) is 0.0714. The first kappa shape index (κ1) is 24.4. The summed E-state index contributed by atoms with van der Waals surface area (Å²) in [4.78, 5) is 14.0. The Bertz CT molecular complexity index is 1660. The number of benzene rings is 3. The van der Waals surface area contributed by atoms with Gasteiger partial charge in [0.25, 0.3) is 0 Å². The van der Waals surface area contributed by atoms with Crippen LogP contribution >= 0.6 is 23.8 Å². The lowest BCUT2D eigenvalue weighted by Crippen LogP contribution is -2.33. The number of aromatic nitrogens is 3. The van der Waals surface area contributed by atoms with Gasteiger partial charge in [0.1, 0.15) is 22.6 Å². The van der Waals surface area contributed by atoms with Crippen LogP contribution in [-0.4, -0.2) is 26.0 Å². The minimum atomic E-state index is -0.386. The minimum Gasteiger partial charge on any atom is -0.457 e. The van der Waals surface area contributed by atoms with Crippen molar-refractivity contribution in [2.75, 3.05) is 5.32 Å². The lowest BCUT2D eigenvalue weighted by Gasteiger charge is -2.10. The van der Waals surface area contributed by atoms with Gasteiger partial charge in [-0.15, -0.1) is 10.2 Å². The van der Waals surface area contributed by atoms with Crippen LogP contribution < -0.4 is 10.6 Å². The number of hydrogen-bond donors (Lipinski definition) is 2. The predicted octanol–water partition coefficient (Wildman–Crippen LogP) is 6.48. The molecule has 0 saturated heterocycles. The SMILES string of the molecule is Cc1ccc(-c2ccc(/C=C/C(=O)NC(=S)Nc3cc4nn(-c5ccccc5)nc4cc3C)o2)cc1Cl. The highest BCUT2D eigenvalue weighted by Crippen LogP contribution is 2.27. The molecule has 0 aliphatic heterocycles. The number of amides is 1. The molecule has 0 bridgehead atoms. The number of thiocarbonyl (C=S) groups is 1. The second-order valence-electron chi connectivity index (χ2n) is 8.42. The molecule has 0 unspecified atom stereocenters. The van der Waals surface area contributed by atoms with Crippen LogP contribution in [0.5, 0.6) is 0 Å². The van der Waals surface area contributed by atoms with E-state index in [9.17, 15) is 4.79 Å². The van der Waals surface area contributed by atoms with Crippen LogP contribution in [0.2, 0.25) is 5.02 Å². The van der Waals surface area contributed by atoms with Gasteiger partial charge >= 0.3 is 0 Å². The largest absolute Gasteiger partial charge is 0.457 e. The van der Waals surface area contributed by atoms with Crippen molar-refractivity contribution >= 4 is 57.6 Å². The molecule has 0 radical (unpaired) electrons. The molecule has 2 aromatic heterocycles. The quantitative estimate of drug-likeness (QED) is 0.201. The summed E-state index contributed by atoms with van der Waals surface area (Å²) in [7, 11) is 0. The summed E-state index contributed by atoms with van der Waals surface area (Å²) in [5.41, 5.74) is 5.83. The number of carbonyl (C=O) groups excluding carboxylic acids is 1. The molecule has 0 fully saturated rings. The van der Waals surface area contributed by atoms with Gasteiger partial charge in [0.15, 0.2) is 5.11 Å². The molecule has 1 amide bonds. The van der Waals surface area contributed by atoms with Gasteiger partial charge in [-0.05, 0) is 85.7 Å². The van der Waals surface area contributed by atoms with E-state index >= 15 is 0 Å². The van der Waals surface area contributed by atoms with E-state index in [0.717, 1.165) is 33.6 Å². The normalized spacial score (nSPS) is 11.2. The van der Waals surface area contributed by atoms with E-state index in [4.69, 9.17) is 28.2 Å². The summed E-state index contributed by atoms with van der Waals surface area (Å²) >= 11 is 11.6. The second-order valence-corrected chi connectivity index (χ2v) is 9.24. The molecule has 0 saturated carbocycles. The first-order valence-electron chi connectivity index (χ1n) is 11.5. The van der Waals surface area contributed by atoms with E-state index in [1.807, 2.05) is 80.6 Å². The second kappa shape index (κ2) is 10.4. The molecule has 7 nitrogen and oxygen atoms in total. The Hall–Kier alpha value is -4.27. The van der Waals surface area contributed by atoms with Gasteiger partial charge < -0.3 is 9.73 Å². The summed E-state index contributed by atoms with van der Waals surface area (Å²) in [5.74, 6) is 0.806. The van der Waals surface area contributed by atoms with Crippen LogP contribution in [0.4, 0.5) is 5.69 Å². The highest BCUT2D eigenvalue weighted by atomic mass is 35.5. The van der Waals surface area contributed by atoms with E-state index in [1.54, 1.807) is 16.9 Å². The number of nitrogens with one attached hydrogen (secondary N) is 2. The molecule has 2 N–H and O–H groups in total. The van der Waals surface area contributed by atoms with Crippen molar-refractivity contribution in [1.82, 2.24) is 20.3 Å². The topological polar surface area (TPSA) is 85.0 Å². The average molecular weight is 528 g/mol. The lowest BCUT2D eigenvalue weighted by atomic mass is 10.1. The summed E-state index contributed by atoms with van der Waals surface area (Å²) in [6.07, 6.45) is 2.94. The summed E-state index contributed by atoms with van der Waals surface area (Å²) < 4.78 is 5.82. The van der Waals surface area contributed by atoms with E-state index in [1.165, 1.54) is 6.08 Å². The molecule has 0 aliphatic carbocycles. The van der Waals surface area contributed by atoms with E-state index in [2.05, 4.69) is 20.8 Å². The Morgan fingerprint density at radius 2 is 1.73 bits per heavy atom. The fourth-order valence-electron chi connectivity index (χ4n) is 3.69. The third-order valence-corrected chi connectivity index (χ3v) is 6.29. The van der Waals surface area contributed by atoms with Crippen molar-refractivity contribution < 1.29 is 9.21 Å². The Kier molecular flexibility index (Phi) is 6.85. The Balaban J connectivity index is 1.23. The first-order valence-corrected chi connectivity index (χ1v) is 12.2. The molecule has 9 heteroatoms. The number of halogens is 1. The van der Waals surface area contributed by atoms with Crippen molar-refractivity contribution in [3.8, 4) is 17.0 Å². The number of hydrogen-bond acceptors (Lipinski definition) is 5. The maximum absolute atomic E-state index is 12.4. The van der Waals surface area contributed by atoms with Gasteiger partial charge in [-0.1, -0.05) is 41.9 Å². The third kappa shape index (κ3) is 5.61. The van der Waals surface area contributed by atoms with Crippen molar-refractivity contribution in [1.29, 1.82) is 0 Å². The van der Waals surface area contributed by atoms with Gasteiger partial charge in [-0.2, -0.15) is 4.80 Å². The highest BCUT2D eigenvalue weighted by Gasteiger charge is 2.11. The fourth-order valence-corrected chi connectivity index (χ4v) is 4.08. The number of nitrogens with zero attached hydrogens (tertiary/aromatic N) is 3. The molecule has 184 valence electrons. The van der Waals surface area contributed by atoms with E-state index < -0.39 is 0 Å². The van der Waals surface area contributed by atoms with Crippen molar-refractivity contribution in [2.45, 2.75) is 13.8 Å². The van der Waals surface area contributed by atoms with Crippen molar-refractivity contribution in [3.05, 3.63) is 101 Å². The van der Waals surface area contributed by atoms with Gasteiger partial charge in [-0.25, -0.2) is 0 Å². The monoisotopic (exact) mass is 527 g/mol. The third-order valence-electron chi connectivity index (χ3n) is 5.68. The minimum absolute atomic E-state index is 0.169. The van der Waals surface area contributed by atoms with Crippen molar-refractivity contribution in [3.63, 3.8) is 0 Å². The van der Waals surface area contributed by atoms with Gasteiger partial charge in [0.2, 0.25) is 5.91 Å². The number of furan rings is 1. The smallest absolute Gasteiger partial charge is 0.250 e. The van der Waals surface area contributed by atoms with Crippen LogP contribution in [0.1, 0.15) is 16.9 Å². The summed E-state index contributed by atoms with van der Waals surface area (Å²) in [6.45, 7) is 3.87. The molecule has 0 spiro atoms. The standard InChI is InChI=1S/C28H22ClN5O2S/c1-17-8-9-19(15-22(17)29)26-12-10-21(36-26)11-13-27(35)31-28(37)30-23-16-25-24(14-18(23)2)32-34(33-25)20-6-4-3-5-7-20/h3-16H,1-2H3,(H2,30,31,35,37)/b13-11+. The van der Waals surface area contributed by atoms with Crippen LogP contribution in [-0.2, 0) is 4.79 Å². The number of para-hydroxylation sites is 1. The van der Waals surface area contributed by atoms with Gasteiger partial charge in [-0.3, -0.25) is 10.1 Å². The van der Waals surface area contributed by atoms with E-state index in [0.29, 0.717) is 22.1 Å². The Morgan fingerprint density at radius 3 is 2.49 bits per heavy atom. The highest BCUT2D eigenvalue weighted by molar-refractivity contribution is 7.80. The molecule has 37 heavy (non-hydrogen) atoms. The van der Waals surface area contributed by atoms with Gasteiger partial charge in [0.05, 0.1) is 5.69 Å². The number of rotatable bonds is 5. The molecular weight excluding hydrogens is 506 g/mol. The molecule has 3 aromatic carbocycles. The average Bonchev–Trinajstić information content (AvgIpc) is 3.52. The molecular formula is C28H22ClN5O2S. The predicted molar refractivity (Wildman–Crippen MR) is 151 cm³/mol. The first-order chi connectivity index (χ1) is 17.9. The molecule has 0 atom stereocenters. The number of aryl methyl sites for hydroxylation is 2. The Labute approximate surface area is 223 Å². The zero-order chi connectivity index (χ0) is 25.9. The van der Waals surface area contributed by atoms with Crippen LogP contribution in [0, 0.1) is 13.8 Å². The number of fused-ring (bicyclic) bond motifs is 1. The van der Waals surface area contributed by atoms with Crippen LogP contribution in [0.15, 0.2) is 83.3 Å². The number of carbonyl (C=O) groups is 1. The maximum atomic E-state index is 12.4. The lowest BCUT2D eigenvalue weighted by molar-refractivity contribution is -0.115. The zero-order valence-corrected chi connectivity index (χ0v) is 21.6. The van der Waals surface area contributed by atoms with Crippen LogP contribution in [0.25, 0.3) is 34.1 Å². The van der Waals surface area contributed by atoms with Crippen molar-refractivity contribution in [2.24, 2.45) is 0 Å². The molecule has 5 rings (SSSR count). The molecule has 5 aromatic rings. The van der Waals surface area contributed by atoms with Gasteiger partial charge in [0, 0.05) is 22.3 Å². The van der Waals surface area contributed by atoms with E-state index in [-0.39, 0.29) is 11.0 Å². The maximum Gasteiger partial charge on any atom is 0.250 e. The summed E-state index contributed by atoms with van der Waals surface area (Å²) in [6, 6.07) is 22.8. The summed E-state index contributed by atoms with van der Waals surface area (Å²) in [5, 5.41) is 15.7.